The topological polar surface area (TPSA) is 46.1 Å². The number of hydrogen-bond acceptors (Lipinski definition) is 4. The average Bonchev–Trinajstić information content (AvgIpc) is 2.82. The molecule has 4 nitrogen and oxygen atoms in total. The van der Waals surface area contributed by atoms with E-state index in [-0.39, 0.29) is 5.91 Å². The van der Waals surface area contributed by atoms with Crippen LogP contribution in [0.5, 0.6) is 0 Å². The van der Waals surface area contributed by atoms with Crippen molar-refractivity contribution >= 4 is 28.4 Å². The van der Waals surface area contributed by atoms with Crippen molar-refractivity contribution in [1.29, 1.82) is 0 Å². The highest BCUT2D eigenvalue weighted by atomic mass is 32.2. The molecule has 1 aliphatic heterocycles. The van der Waals surface area contributed by atoms with Crippen molar-refractivity contribution in [3.8, 4) is 11.3 Å². The maximum Gasteiger partial charge on any atom is 0.233 e. The number of fused-ring (bicyclic) bond motifs is 2. The molecule has 30 heavy (non-hydrogen) atoms. The molecule has 1 aromatic heterocycles. The van der Waals surface area contributed by atoms with Gasteiger partial charge in [0.1, 0.15) is 10.7 Å². The minimum Gasteiger partial charge on any atom is -0.339 e. The number of nitrogens with zero attached hydrogens (tertiary/aromatic N) is 3. The quantitative estimate of drug-likeness (QED) is 0.521. The van der Waals surface area contributed by atoms with Gasteiger partial charge in [0.05, 0.1) is 5.75 Å². The molecule has 0 bridgehead atoms. The Morgan fingerprint density at radius 1 is 0.900 bits per heavy atom. The van der Waals surface area contributed by atoms with Crippen LogP contribution in [-0.2, 0) is 4.79 Å². The predicted molar refractivity (Wildman–Crippen MR) is 122 cm³/mol. The molecule has 1 amide bonds. The Bertz CT molecular complexity index is 1040. The number of carbonyl (C=O) groups is 1. The van der Waals surface area contributed by atoms with Crippen LogP contribution in [0.3, 0.4) is 0 Å². The van der Waals surface area contributed by atoms with Gasteiger partial charge in [0.15, 0.2) is 0 Å². The van der Waals surface area contributed by atoms with Gasteiger partial charge in [-0.1, -0.05) is 79.2 Å². The first kappa shape index (κ1) is 19.6. The lowest BCUT2D eigenvalue weighted by atomic mass is 9.78. The molecule has 0 unspecified atom stereocenters. The molecule has 2 fully saturated rings. The van der Waals surface area contributed by atoms with Crippen molar-refractivity contribution in [1.82, 2.24) is 15.1 Å². The van der Waals surface area contributed by atoms with Crippen LogP contribution in [-0.4, -0.2) is 39.3 Å². The maximum absolute atomic E-state index is 13.1. The van der Waals surface area contributed by atoms with Gasteiger partial charge in [0.25, 0.3) is 0 Å². The molecule has 2 aliphatic rings. The van der Waals surface area contributed by atoms with Crippen molar-refractivity contribution in [2.45, 2.75) is 49.6 Å². The lowest BCUT2D eigenvalue weighted by Crippen LogP contribution is -2.50. The Hall–Kier alpha value is -2.40. The van der Waals surface area contributed by atoms with Crippen LogP contribution in [0.4, 0.5) is 0 Å². The standard InChI is InChI=1S/C25H27N3OS/c29-23(28-16-8-12-18-9-4-7-15-22(18)28)17-30-25-21-14-6-5-13-20(21)24(26-27-25)19-10-2-1-3-11-19/h1-3,5-6,10-11,13-14,18,22H,4,7-9,12,15-17H2/t18-,22+/m1/s1. The van der Waals surface area contributed by atoms with Crippen LogP contribution in [0.1, 0.15) is 38.5 Å². The summed E-state index contributed by atoms with van der Waals surface area (Å²) in [6.45, 7) is 0.917. The van der Waals surface area contributed by atoms with Crippen LogP contribution in [0.25, 0.3) is 22.0 Å². The second-order valence-electron chi connectivity index (χ2n) is 8.40. The summed E-state index contributed by atoms with van der Waals surface area (Å²) in [5, 5.41) is 12.1. The molecule has 1 aliphatic carbocycles. The number of benzene rings is 2. The summed E-state index contributed by atoms with van der Waals surface area (Å²) < 4.78 is 0. The summed E-state index contributed by atoms with van der Waals surface area (Å²) in [5.41, 5.74) is 1.95. The van der Waals surface area contributed by atoms with Gasteiger partial charge < -0.3 is 4.90 Å². The van der Waals surface area contributed by atoms with Gasteiger partial charge in [-0.15, -0.1) is 10.2 Å². The number of amides is 1. The first-order chi connectivity index (χ1) is 14.8. The second kappa shape index (κ2) is 8.76. The molecule has 0 N–H and O–H groups in total. The fraction of sp³-hybridized carbons (Fsp3) is 0.400. The van der Waals surface area contributed by atoms with E-state index < -0.39 is 0 Å². The van der Waals surface area contributed by atoms with Crippen LogP contribution in [0.15, 0.2) is 59.6 Å². The molecule has 5 rings (SSSR count). The van der Waals surface area contributed by atoms with Gasteiger partial charge in [-0.3, -0.25) is 4.79 Å². The predicted octanol–water partition coefficient (Wildman–Crippen LogP) is 5.57. The van der Waals surface area contributed by atoms with Gasteiger partial charge in [0.2, 0.25) is 5.91 Å². The number of carbonyl (C=O) groups excluding carboxylic acids is 1. The third-order valence-electron chi connectivity index (χ3n) is 6.60. The fourth-order valence-corrected chi connectivity index (χ4v) is 6.00. The molecule has 0 spiro atoms. The highest BCUT2D eigenvalue weighted by Gasteiger charge is 2.35. The third kappa shape index (κ3) is 3.83. The van der Waals surface area contributed by atoms with E-state index in [1.165, 1.54) is 43.9 Å². The van der Waals surface area contributed by atoms with Crippen molar-refractivity contribution in [3.63, 3.8) is 0 Å². The van der Waals surface area contributed by atoms with E-state index in [1.807, 2.05) is 30.3 Å². The zero-order valence-electron chi connectivity index (χ0n) is 17.2. The van der Waals surface area contributed by atoms with E-state index in [4.69, 9.17) is 0 Å². The first-order valence-electron chi connectivity index (χ1n) is 11.0. The molecular formula is C25H27N3OS. The van der Waals surface area contributed by atoms with Gasteiger partial charge in [-0.25, -0.2) is 0 Å². The summed E-state index contributed by atoms with van der Waals surface area (Å²) in [7, 11) is 0. The van der Waals surface area contributed by atoms with Gasteiger partial charge >= 0.3 is 0 Å². The van der Waals surface area contributed by atoms with Gasteiger partial charge in [-0.2, -0.15) is 0 Å². The fourth-order valence-electron chi connectivity index (χ4n) is 5.14. The second-order valence-corrected chi connectivity index (χ2v) is 9.36. The van der Waals surface area contributed by atoms with E-state index in [2.05, 4.69) is 39.4 Å². The molecule has 154 valence electrons. The lowest BCUT2D eigenvalue weighted by Gasteiger charge is -2.44. The minimum atomic E-state index is 0.259. The number of rotatable bonds is 4. The summed E-state index contributed by atoms with van der Waals surface area (Å²) in [4.78, 5) is 15.3. The summed E-state index contributed by atoms with van der Waals surface area (Å²) in [6, 6.07) is 18.9. The van der Waals surface area contributed by atoms with E-state index in [0.717, 1.165) is 40.0 Å². The highest BCUT2D eigenvalue weighted by Crippen LogP contribution is 2.36. The van der Waals surface area contributed by atoms with Crippen LogP contribution in [0.2, 0.25) is 0 Å². The molecule has 3 aromatic rings. The van der Waals surface area contributed by atoms with E-state index >= 15 is 0 Å². The highest BCUT2D eigenvalue weighted by molar-refractivity contribution is 8.00. The smallest absolute Gasteiger partial charge is 0.233 e. The molecule has 2 aromatic carbocycles. The van der Waals surface area contributed by atoms with Crippen LogP contribution in [0, 0.1) is 5.92 Å². The first-order valence-corrected chi connectivity index (χ1v) is 12.0. The van der Waals surface area contributed by atoms with E-state index in [0.29, 0.717) is 17.7 Å². The van der Waals surface area contributed by atoms with Crippen molar-refractivity contribution in [2.24, 2.45) is 5.92 Å². The van der Waals surface area contributed by atoms with Crippen molar-refractivity contribution in [3.05, 3.63) is 54.6 Å². The molecule has 2 heterocycles. The number of likely N-dealkylation sites (tertiary alicyclic amines) is 1. The molecule has 5 heteroatoms. The minimum absolute atomic E-state index is 0.259. The van der Waals surface area contributed by atoms with Crippen LogP contribution < -0.4 is 0 Å². The molecule has 1 saturated heterocycles. The third-order valence-corrected chi connectivity index (χ3v) is 7.56. The molecule has 0 radical (unpaired) electrons. The Morgan fingerprint density at radius 2 is 1.63 bits per heavy atom. The Kier molecular flexibility index (Phi) is 5.71. The SMILES string of the molecule is O=C(CSc1nnc(-c2ccccc2)c2ccccc12)N1CCC[C@H]2CCCC[C@@H]21. The number of piperidine rings is 1. The normalized spacial score (nSPS) is 21.4. The lowest BCUT2D eigenvalue weighted by molar-refractivity contribution is -0.134. The van der Waals surface area contributed by atoms with Gasteiger partial charge in [-0.05, 0) is 31.6 Å². The van der Waals surface area contributed by atoms with Crippen molar-refractivity contribution < 1.29 is 4.79 Å². The zero-order chi connectivity index (χ0) is 20.3. The molecular weight excluding hydrogens is 390 g/mol. The van der Waals surface area contributed by atoms with E-state index in [9.17, 15) is 4.79 Å². The summed E-state index contributed by atoms with van der Waals surface area (Å²) in [5.74, 6) is 1.41. The van der Waals surface area contributed by atoms with E-state index in [1.54, 1.807) is 0 Å². The summed E-state index contributed by atoms with van der Waals surface area (Å²) in [6.07, 6.45) is 7.49. The zero-order valence-corrected chi connectivity index (χ0v) is 18.0. The maximum atomic E-state index is 13.1. The Labute approximate surface area is 182 Å². The number of aromatic nitrogens is 2. The number of hydrogen-bond donors (Lipinski definition) is 0. The monoisotopic (exact) mass is 417 g/mol. The molecule has 2 atom stereocenters. The largest absolute Gasteiger partial charge is 0.339 e. The average molecular weight is 418 g/mol. The summed E-state index contributed by atoms with van der Waals surface area (Å²) >= 11 is 1.53. The Morgan fingerprint density at radius 3 is 2.50 bits per heavy atom. The van der Waals surface area contributed by atoms with Gasteiger partial charge in [0, 0.05) is 28.9 Å². The van der Waals surface area contributed by atoms with Crippen LogP contribution >= 0.6 is 11.8 Å². The molecule has 1 saturated carbocycles. The Balaban J connectivity index is 1.36. The number of thioether (sulfide) groups is 1. The van der Waals surface area contributed by atoms with Crippen molar-refractivity contribution in [2.75, 3.05) is 12.3 Å².